The molecular formula is C16H16N10O4. The number of aliphatic hydroxyl groups excluding tert-OH is 3. The summed E-state index contributed by atoms with van der Waals surface area (Å²) in [6.45, 7) is -0.447. The number of aliphatic hydroxyl groups is 3. The molecule has 1 saturated heterocycles. The Morgan fingerprint density at radius 3 is 2.77 bits per heavy atom. The number of imidazole rings is 1. The van der Waals surface area contributed by atoms with Gasteiger partial charge in [-0.25, -0.2) is 25.0 Å². The number of fused-ring (bicyclic) bond motifs is 1. The maximum Gasteiger partial charge on any atom is 0.217 e. The molecule has 0 saturated carbocycles. The number of nitrogens with zero attached hydrogens (tertiary/aromatic N) is 8. The van der Waals surface area contributed by atoms with Crippen LogP contribution >= 0.6 is 0 Å². The summed E-state index contributed by atoms with van der Waals surface area (Å²) in [5.74, 6) is 1.24. The van der Waals surface area contributed by atoms with Gasteiger partial charge in [0.2, 0.25) is 11.6 Å². The topological polar surface area (TPSA) is 193 Å². The smallest absolute Gasteiger partial charge is 0.217 e. The van der Waals surface area contributed by atoms with Crippen LogP contribution in [0.1, 0.15) is 6.23 Å². The van der Waals surface area contributed by atoms with Crippen LogP contribution in [0.4, 0.5) is 11.6 Å². The SMILES string of the molecule is OC[C@H]1O[C@@H](n2cnc3c(Nc4ccccn4)nc(-c4nnn[nH]4)nc32)[C@@H](O)[C@H]1O. The molecule has 30 heavy (non-hydrogen) atoms. The molecule has 1 aliphatic heterocycles. The first-order valence-electron chi connectivity index (χ1n) is 8.95. The number of hydrogen-bond donors (Lipinski definition) is 5. The van der Waals surface area contributed by atoms with E-state index >= 15 is 0 Å². The van der Waals surface area contributed by atoms with E-state index in [0.29, 0.717) is 22.8 Å². The van der Waals surface area contributed by atoms with E-state index < -0.39 is 31.1 Å². The van der Waals surface area contributed by atoms with Gasteiger partial charge in [0.1, 0.15) is 24.1 Å². The molecule has 0 bridgehead atoms. The van der Waals surface area contributed by atoms with E-state index in [0.717, 1.165) is 0 Å². The second-order valence-corrected chi connectivity index (χ2v) is 6.54. The highest BCUT2D eigenvalue weighted by atomic mass is 16.6. The minimum Gasteiger partial charge on any atom is -0.394 e. The fraction of sp³-hybridized carbons (Fsp3) is 0.312. The quantitative estimate of drug-likeness (QED) is 0.262. The number of tetrazole rings is 1. The Kier molecular flexibility index (Phi) is 4.51. The third-order valence-corrected chi connectivity index (χ3v) is 4.68. The molecule has 0 aliphatic carbocycles. The van der Waals surface area contributed by atoms with E-state index in [1.807, 2.05) is 6.07 Å². The summed E-state index contributed by atoms with van der Waals surface area (Å²) in [4.78, 5) is 17.5. The van der Waals surface area contributed by atoms with Crippen molar-refractivity contribution < 1.29 is 20.1 Å². The van der Waals surface area contributed by atoms with Crippen LogP contribution in [0.25, 0.3) is 22.8 Å². The summed E-state index contributed by atoms with van der Waals surface area (Å²) >= 11 is 0. The van der Waals surface area contributed by atoms with Gasteiger partial charge in [0.15, 0.2) is 23.2 Å². The van der Waals surface area contributed by atoms with E-state index in [1.165, 1.54) is 10.9 Å². The first-order valence-corrected chi connectivity index (χ1v) is 8.95. The van der Waals surface area contributed by atoms with Crippen LogP contribution < -0.4 is 5.32 Å². The van der Waals surface area contributed by atoms with Gasteiger partial charge in [0, 0.05) is 6.20 Å². The first-order chi connectivity index (χ1) is 14.7. The number of pyridine rings is 1. The lowest BCUT2D eigenvalue weighted by Gasteiger charge is -2.17. The largest absolute Gasteiger partial charge is 0.394 e. The molecule has 0 unspecified atom stereocenters. The normalized spacial score (nSPS) is 23.8. The van der Waals surface area contributed by atoms with E-state index in [1.54, 1.807) is 18.3 Å². The summed E-state index contributed by atoms with van der Waals surface area (Å²) in [5, 5.41) is 46.5. The number of aromatic nitrogens is 9. The van der Waals surface area contributed by atoms with Gasteiger partial charge in [-0.2, -0.15) is 0 Å². The van der Waals surface area contributed by atoms with Crippen LogP contribution in [0.2, 0.25) is 0 Å². The Labute approximate surface area is 167 Å². The Morgan fingerprint density at radius 2 is 2.07 bits per heavy atom. The van der Waals surface area contributed by atoms with Gasteiger partial charge in [-0.1, -0.05) is 6.07 Å². The molecule has 1 aliphatic rings. The molecule has 154 valence electrons. The first kappa shape index (κ1) is 18.4. The molecule has 0 aromatic carbocycles. The van der Waals surface area contributed by atoms with Crippen LogP contribution in [0.3, 0.4) is 0 Å². The Morgan fingerprint density at radius 1 is 1.17 bits per heavy atom. The number of ether oxygens (including phenoxy) is 1. The zero-order chi connectivity index (χ0) is 20.7. The highest BCUT2D eigenvalue weighted by molar-refractivity contribution is 5.86. The number of anilines is 2. The van der Waals surface area contributed by atoms with Crippen molar-refractivity contribution in [2.45, 2.75) is 24.5 Å². The van der Waals surface area contributed by atoms with Gasteiger partial charge < -0.3 is 25.4 Å². The molecule has 4 aromatic rings. The molecule has 4 aromatic heterocycles. The van der Waals surface area contributed by atoms with Crippen LogP contribution in [0.5, 0.6) is 0 Å². The van der Waals surface area contributed by atoms with Crippen molar-refractivity contribution in [3.8, 4) is 11.6 Å². The second-order valence-electron chi connectivity index (χ2n) is 6.54. The molecule has 0 spiro atoms. The van der Waals surface area contributed by atoms with Gasteiger partial charge in [0.05, 0.1) is 12.9 Å². The summed E-state index contributed by atoms with van der Waals surface area (Å²) in [7, 11) is 0. The monoisotopic (exact) mass is 412 g/mol. The van der Waals surface area contributed by atoms with Gasteiger partial charge in [-0.15, -0.1) is 5.10 Å². The lowest BCUT2D eigenvalue weighted by Crippen LogP contribution is -2.33. The average molecular weight is 412 g/mol. The number of hydrogen-bond acceptors (Lipinski definition) is 12. The molecule has 5 heterocycles. The average Bonchev–Trinajstić information content (AvgIpc) is 3.50. The minimum atomic E-state index is -1.29. The third kappa shape index (κ3) is 3.03. The molecule has 4 atom stereocenters. The van der Waals surface area contributed by atoms with Crippen LogP contribution in [-0.2, 0) is 4.74 Å². The van der Waals surface area contributed by atoms with Gasteiger partial charge >= 0.3 is 0 Å². The van der Waals surface area contributed by atoms with Crippen molar-refractivity contribution in [1.29, 1.82) is 0 Å². The number of aromatic amines is 1. The fourth-order valence-electron chi connectivity index (χ4n) is 3.22. The lowest BCUT2D eigenvalue weighted by molar-refractivity contribution is -0.0511. The number of H-pyrrole nitrogens is 1. The predicted molar refractivity (Wildman–Crippen MR) is 99.0 cm³/mol. The van der Waals surface area contributed by atoms with Gasteiger partial charge in [-0.05, 0) is 22.6 Å². The Bertz CT molecular complexity index is 1150. The third-order valence-electron chi connectivity index (χ3n) is 4.68. The van der Waals surface area contributed by atoms with Crippen molar-refractivity contribution in [1.82, 2.24) is 45.1 Å². The second kappa shape index (κ2) is 7.34. The Balaban J connectivity index is 1.64. The summed E-state index contributed by atoms with van der Waals surface area (Å²) < 4.78 is 7.06. The zero-order valence-electron chi connectivity index (χ0n) is 15.2. The maximum absolute atomic E-state index is 10.4. The van der Waals surface area contributed by atoms with E-state index in [9.17, 15) is 15.3 Å². The van der Waals surface area contributed by atoms with E-state index in [-0.39, 0.29) is 11.6 Å². The molecular weight excluding hydrogens is 396 g/mol. The Hall–Kier alpha value is -3.59. The van der Waals surface area contributed by atoms with E-state index in [4.69, 9.17) is 4.74 Å². The van der Waals surface area contributed by atoms with Crippen LogP contribution in [0, 0.1) is 0 Å². The summed E-state index contributed by atoms with van der Waals surface area (Å²) in [6, 6.07) is 5.35. The van der Waals surface area contributed by atoms with E-state index in [2.05, 4.69) is 45.9 Å². The van der Waals surface area contributed by atoms with Gasteiger partial charge in [-0.3, -0.25) is 4.57 Å². The number of rotatable bonds is 5. The standard InChI is InChI=1S/C16H16N10O4/c27-5-7-10(28)11(29)16(30-7)26-6-18-9-12(19-8-3-1-2-4-17-8)20-13(21-15(9)26)14-22-24-25-23-14/h1-4,6-7,10-11,16,27-29H,5H2,(H,17,19,20,21)(H,22,23,24,25)/t7-,10+,11+,16-/m1/s1. The molecule has 5 rings (SSSR count). The lowest BCUT2D eigenvalue weighted by atomic mass is 10.1. The highest BCUT2D eigenvalue weighted by Gasteiger charge is 2.44. The molecule has 5 N–H and O–H groups in total. The molecule has 14 nitrogen and oxygen atoms in total. The molecule has 1 fully saturated rings. The van der Waals surface area contributed by atoms with Crippen molar-refractivity contribution in [2.24, 2.45) is 0 Å². The van der Waals surface area contributed by atoms with Crippen molar-refractivity contribution in [3.63, 3.8) is 0 Å². The summed E-state index contributed by atoms with van der Waals surface area (Å²) in [5.41, 5.74) is 0.666. The van der Waals surface area contributed by atoms with Gasteiger partial charge in [0.25, 0.3) is 0 Å². The number of nitrogens with one attached hydrogen (secondary N) is 2. The minimum absolute atomic E-state index is 0.166. The zero-order valence-corrected chi connectivity index (χ0v) is 15.2. The van der Waals surface area contributed by atoms with Crippen molar-refractivity contribution >= 4 is 22.8 Å². The van der Waals surface area contributed by atoms with Crippen LogP contribution in [-0.4, -0.2) is 85.4 Å². The van der Waals surface area contributed by atoms with Crippen molar-refractivity contribution in [3.05, 3.63) is 30.7 Å². The fourth-order valence-corrected chi connectivity index (χ4v) is 3.22. The predicted octanol–water partition coefficient (Wildman–Crippen LogP) is -1.24. The molecule has 14 heteroatoms. The van der Waals surface area contributed by atoms with Crippen molar-refractivity contribution in [2.75, 3.05) is 11.9 Å². The highest BCUT2D eigenvalue weighted by Crippen LogP contribution is 2.33. The summed E-state index contributed by atoms with van der Waals surface area (Å²) in [6.07, 6.45) is -1.47. The molecule has 0 radical (unpaired) electrons. The maximum atomic E-state index is 10.4. The van der Waals surface area contributed by atoms with Crippen LogP contribution in [0.15, 0.2) is 30.7 Å². The molecule has 0 amide bonds.